The molecule has 0 heterocycles. The first kappa shape index (κ1) is 7.63. The molecule has 0 unspecified atom stereocenters. The minimum Gasteiger partial charge on any atom is -0.402 e. The Kier molecular flexibility index (Phi) is 3.44. The Morgan fingerprint density at radius 1 is 1.62 bits per heavy atom. The Morgan fingerprint density at radius 2 is 2.12 bits per heavy atom. The molecular weight excluding hydrogens is 118 g/mol. The minimum absolute atomic E-state index is 0.831. The highest BCUT2D eigenvalue weighted by Crippen LogP contribution is 2.13. The van der Waals surface area contributed by atoms with Crippen molar-refractivity contribution in [3.05, 3.63) is 22.6 Å². The van der Waals surface area contributed by atoms with E-state index >= 15 is 0 Å². The van der Waals surface area contributed by atoms with Gasteiger partial charge in [0.05, 0.1) is 0 Å². The predicted molar refractivity (Wildman–Crippen MR) is 40.3 cm³/mol. The summed E-state index contributed by atoms with van der Waals surface area (Å²) in [6.45, 7) is 7.50. The fourth-order valence-corrected chi connectivity index (χ4v) is 0.581. The van der Waals surface area contributed by atoms with E-state index in [4.69, 9.17) is 5.73 Å². The second kappa shape index (κ2) is 3.61. The molecule has 2 N–H and O–H groups in total. The Bertz CT molecular complexity index is 112. The number of hydrogen-bond acceptors (Lipinski definition) is 2. The largest absolute Gasteiger partial charge is 0.402 e. The van der Waals surface area contributed by atoms with Gasteiger partial charge in [-0.25, -0.2) is 0 Å². The Labute approximate surface area is 54.6 Å². The van der Waals surface area contributed by atoms with Gasteiger partial charge in [-0.15, -0.1) is 11.8 Å². The normalized spacial score (nSPS) is 11.5. The van der Waals surface area contributed by atoms with Crippen LogP contribution in [0.4, 0.5) is 0 Å². The van der Waals surface area contributed by atoms with Crippen LogP contribution in [-0.4, -0.2) is 0 Å². The van der Waals surface area contributed by atoms with Gasteiger partial charge in [0.25, 0.3) is 0 Å². The number of thioether (sulfide) groups is 1. The fraction of sp³-hybridized carbons (Fsp3) is 0.333. The standard InChI is InChI=1S/C6H11NS/c1-5(2)8-4-6(3)7/h4H,1,7H2,2-3H3/b6-4+. The summed E-state index contributed by atoms with van der Waals surface area (Å²) in [6, 6.07) is 0. The van der Waals surface area contributed by atoms with E-state index in [-0.39, 0.29) is 0 Å². The molecule has 0 saturated heterocycles. The van der Waals surface area contributed by atoms with Crippen molar-refractivity contribution in [3.63, 3.8) is 0 Å². The van der Waals surface area contributed by atoms with Crippen LogP contribution in [0.1, 0.15) is 13.8 Å². The molecule has 2 heteroatoms. The molecule has 0 aliphatic rings. The lowest BCUT2D eigenvalue weighted by atomic mass is 10.6. The second-order valence-electron chi connectivity index (χ2n) is 1.68. The first-order valence-electron chi connectivity index (χ1n) is 2.37. The predicted octanol–water partition coefficient (Wildman–Crippen LogP) is 2.07. The molecule has 0 aromatic carbocycles. The van der Waals surface area contributed by atoms with E-state index in [1.807, 2.05) is 19.3 Å². The minimum atomic E-state index is 0.831. The third kappa shape index (κ3) is 5.63. The zero-order chi connectivity index (χ0) is 6.57. The molecule has 0 aromatic heterocycles. The van der Waals surface area contributed by atoms with Crippen LogP contribution in [0.25, 0.3) is 0 Å². The van der Waals surface area contributed by atoms with Crippen LogP contribution in [-0.2, 0) is 0 Å². The molecule has 8 heavy (non-hydrogen) atoms. The van der Waals surface area contributed by atoms with Crippen LogP contribution < -0.4 is 5.73 Å². The van der Waals surface area contributed by atoms with E-state index in [1.54, 1.807) is 11.8 Å². The van der Waals surface area contributed by atoms with Gasteiger partial charge < -0.3 is 5.73 Å². The maximum Gasteiger partial charge on any atom is 0.0116 e. The molecule has 0 aliphatic carbocycles. The lowest BCUT2D eigenvalue weighted by Gasteiger charge is -1.89. The lowest BCUT2D eigenvalue weighted by molar-refractivity contribution is 1.33. The SMILES string of the molecule is C=C(C)S/C=C(\C)N. The smallest absolute Gasteiger partial charge is 0.0116 e. The Hall–Kier alpha value is -0.370. The summed E-state index contributed by atoms with van der Waals surface area (Å²) in [7, 11) is 0. The molecule has 0 bridgehead atoms. The van der Waals surface area contributed by atoms with Gasteiger partial charge in [-0.1, -0.05) is 6.58 Å². The van der Waals surface area contributed by atoms with Crippen molar-refractivity contribution in [2.75, 3.05) is 0 Å². The highest BCUT2D eigenvalue weighted by atomic mass is 32.2. The third-order valence-electron chi connectivity index (χ3n) is 0.446. The molecule has 0 radical (unpaired) electrons. The van der Waals surface area contributed by atoms with Crippen LogP contribution >= 0.6 is 11.8 Å². The van der Waals surface area contributed by atoms with Gasteiger partial charge in [0, 0.05) is 5.70 Å². The number of rotatable bonds is 2. The quantitative estimate of drug-likeness (QED) is 0.617. The van der Waals surface area contributed by atoms with Crippen molar-refractivity contribution < 1.29 is 0 Å². The zero-order valence-corrected chi connectivity index (χ0v) is 6.09. The summed E-state index contributed by atoms with van der Waals surface area (Å²) >= 11 is 1.56. The summed E-state index contributed by atoms with van der Waals surface area (Å²) in [6.07, 6.45) is 0. The van der Waals surface area contributed by atoms with Crippen LogP contribution in [0.2, 0.25) is 0 Å². The highest BCUT2D eigenvalue weighted by Gasteiger charge is 1.79. The maximum atomic E-state index is 5.34. The molecule has 0 fully saturated rings. The van der Waals surface area contributed by atoms with Gasteiger partial charge in [0.2, 0.25) is 0 Å². The van der Waals surface area contributed by atoms with Crippen molar-refractivity contribution in [2.45, 2.75) is 13.8 Å². The van der Waals surface area contributed by atoms with E-state index in [9.17, 15) is 0 Å². The monoisotopic (exact) mass is 129 g/mol. The Balaban J connectivity index is 3.45. The van der Waals surface area contributed by atoms with Crippen molar-refractivity contribution in [2.24, 2.45) is 5.73 Å². The van der Waals surface area contributed by atoms with Crippen LogP contribution in [0.15, 0.2) is 22.6 Å². The van der Waals surface area contributed by atoms with Crippen molar-refractivity contribution in [1.29, 1.82) is 0 Å². The van der Waals surface area contributed by atoms with Gasteiger partial charge in [0.1, 0.15) is 0 Å². The topological polar surface area (TPSA) is 26.0 Å². The summed E-state index contributed by atoms with van der Waals surface area (Å²) in [5.74, 6) is 0. The number of nitrogens with two attached hydrogens (primary N) is 1. The number of allylic oxidation sites excluding steroid dienone is 2. The molecule has 0 saturated carbocycles. The highest BCUT2D eigenvalue weighted by molar-refractivity contribution is 8.05. The van der Waals surface area contributed by atoms with Crippen LogP contribution in [0.5, 0.6) is 0 Å². The molecule has 0 aromatic rings. The van der Waals surface area contributed by atoms with Gasteiger partial charge in [-0.3, -0.25) is 0 Å². The first-order chi connectivity index (χ1) is 3.63. The molecule has 0 rings (SSSR count). The van der Waals surface area contributed by atoms with E-state index in [0.29, 0.717) is 0 Å². The number of hydrogen-bond donors (Lipinski definition) is 1. The van der Waals surface area contributed by atoms with Crippen molar-refractivity contribution in [3.8, 4) is 0 Å². The molecule has 46 valence electrons. The molecule has 1 nitrogen and oxygen atoms in total. The van der Waals surface area contributed by atoms with Gasteiger partial charge in [0.15, 0.2) is 0 Å². The maximum absolute atomic E-state index is 5.34. The fourth-order valence-electron chi connectivity index (χ4n) is 0.194. The van der Waals surface area contributed by atoms with Crippen LogP contribution in [0, 0.1) is 0 Å². The molecule has 0 amide bonds. The first-order valence-corrected chi connectivity index (χ1v) is 3.25. The van der Waals surface area contributed by atoms with E-state index < -0.39 is 0 Å². The third-order valence-corrected chi connectivity index (χ3v) is 1.34. The average Bonchev–Trinajstić information content (AvgIpc) is 1.61. The van der Waals surface area contributed by atoms with Crippen molar-refractivity contribution >= 4 is 11.8 Å². The summed E-state index contributed by atoms with van der Waals surface area (Å²) < 4.78 is 0. The molecule has 0 spiro atoms. The van der Waals surface area contributed by atoms with Crippen LogP contribution in [0.3, 0.4) is 0 Å². The summed E-state index contributed by atoms with van der Waals surface area (Å²) in [5, 5.41) is 1.88. The summed E-state index contributed by atoms with van der Waals surface area (Å²) in [4.78, 5) is 1.06. The van der Waals surface area contributed by atoms with E-state index in [0.717, 1.165) is 10.6 Å². The van der Waals surface area contributed by atoms with Gasteiger partial charge in [-0.2, -0.15) is 0 Å². The Morgan fingerprint density at radius 3 is 2.25 bits per heavy atom. The second-order valence-corrected chi connectivity index (χ2v) is 2.85. The van der Waals surface area contributed by atoms with Crippen molar-refractivity contribution in [1.82, 2.24) is 0 Å². The van der Waals surface area contributed by atoms with Gasteiger partial charge >= 0.3 is 0 Å². The lowest BCUT2D eigenvalue weighted by Crippen LogP contribution is -1.87. The van der Waals surface area contributed by atoms with E-state index in [1.165, 1.54) is 0 Å². The molecule has 0 atom stereocenters. The molecule has 0 aliphatic heterocycles. The van der Waals surface area contributed by atoms with Gasteiger partial charge in [-0.05, 0) is 24.2 Å². The van der Waals surface area contributed by atoms with E-state index in [2.05, 4.69) is 6.58 Å². The summed E-state index contributed by atoms with van der Waals surface area (Å²) in [5.41, 5.74) is 6.17. The average molecular weight is 129 g/mol. The molecular formula is C6H11NS. The zero-order valence-electron chi connectivity index (χ0n) is 5.27.